The number of aromatic amines is 1. The third kappa shape index (κ3) is 1.72. The largest absolute Gasteiger partial charge is 0.360 e. The molecule has 1 heterocycles. The number of nitrogens with one attached hydrogen (secondary N) is 1. The smallest absolute Gasteiger partial charge is 0.197 e. The van der Waals surface area contributed by atoms with Gasteiger partial charge in [-0.15, -0.1) is 0 Å². The summed E-state index contributed by atoms with van der Waals surface area (Å²) >= 11 is 0. The average Bonchev–Trinajstić information content (AvgIpc) is 2.41. The zero-order valence-electron chi connectivity index (χ0n) is 10.1. The highest BCUT2D eigenvalue weighted by Gasteiger charge is 2.06. The van der Waals surface area contributed by atoms with E-state index < -0.39 is 0 Å². The summed E-state index contributed by atoms with van der Waals surface area (Å²) in [7, 11) is 0. The number of para-hydroxylation sites is 1. The van der Waals surface area contributed by atoms with Crippen molar-refractivity contribution in [1.82, 2.24) is 4.98 Å². The highest BCUT2D eigenvalue weighted by molar-refractivity contribution is 5.83. The van der Waals surface area contributed by atoms with Crippen molar-refractivity contribution in [3.63, 3.8) is 0 Å². The summed E-state index contributed by atoms with van der Waals surface area (Å²) < 4.78 is 0. The maximum atomic E-state index is 12.4. The van der Waals surface area contributed by atoms with Crippen molar-refractivity contribution < 1.29 is 0 Å². The third-order valence-electron chi connectivity index (χ3n) is 3.15. The lowest BCUT2D eigenvalue weighted by Gasteiger charge is -2.04. The fraction of sp³-hybridized carbons (Fsp3) is 0.0625. The van der Waals surface area contributed by atoms with Gasteiger partial charge < -0.3 is 4.98 Å². The Hall–Kier alpha value is -2.35. The molecule has 0 amide bonds. The van der Waals surface area contributed by atoms with Gasteiger partial charge in [0.25, 0.3) is 0 Å². The van der Waals surface area contributed by atoms with Crippen LogP contribution in [0.15, 0.2) is 59.5 Å². The number of aryl methyl sites for hydroxylation is 1. The molecule has 0 saturated carbocycles. The maximum Gasteiger partial charge on any atom is 0.197 e. The number of aromatic nitrogens is 1. The minimum absolute atomic E-state index is 0.0770. The number of pyridine rings is 1. The second-order valence-electron chi connectivity index (χ2n) is 4.44. The monoisotopic (exact) mass is 235 g/mol. The van der Waals surface area contributed by atoms with Gasteiger partial charge in [0.2, 0.25) is 0 Å². The highest BCUT2D eigenvalue weighted by Crippen LogP contribution is 2.18. The first kappa shape index (κ1) is 10.8. The third-order valence-corrected chi connectivity index (χ3v) is 3.15. The molecule has 0 unspecified atom stereocenters. The van der Waals surface area contributed by atoms with Crippen LogP contribution in [0.3, 0.4) is 0 Å². The van der Waals surface area contributed by atoms with E-state index in [0.29, 0.717) is 5.56 Å². The number of rotatable bonds is 1. The number of fused-ring (bicyclic) bond motifs is 1. The molecule has 0 atom stereocenters. The zero-order valence-corrected chi connectivity index (χ0v) is 10.1. The molecular weight excluding hydrogens is 222 g/mol. The van der Waals surface area contributed by atoms with E-state index in [-0.39, 0.29) is 5.43 Å². The van der Waals surface area contributed by atoms with Crippen LogP contribution in [-0.4, -0.2) is 4.98 Å². The molecule has 2 heteroatoms. The van der Waals surface area contributed by atoms with Gasteiger partial charge in [-0.1, -0.05) is 42.0 Å². The van der Waals surface area contributed by atoms with E-state index in [1.54, 1.807) is 6.20 Å². The van der Waals surface area contributed by atoms with E-state index in [9.17, 15) is 4.79 Å². The van der Waals surface area contributed by atoms with Gasteiger partial charge in [-0.25, -0.2) is 0 Å². The second kappa shape index (κ2) is 4.15. The lowest BCUT2D eigenvalue weighted by Crippen LogP contribution is -2.06. The Morgan fingerprint density at radius 3 is 2.44 bits per heavy atom. The molecule has 88 valence electrons. The Labute approximate surface area is 105 Å². The summed E-state index contributed by atoms with van der Waals surface area (Å²) in [5.74, 6) is 0. The average molecular weight is 235 g/mol. The predicted octanol–water partition coefficient (Wildman–Crippen LogP) is 3.50. The van der Waals surface area contributed by atoms with Crippen LogP contribution in [0.2, 0.25) is 0 Å². The molecule has 0 bridgehead atoms. The van der Waals surface area contributed by atoms with Crippen molar-refractivity contribution in [2.75, 3.05) is 0 Å². The first-order chi connectivity index (χ1) is 8.75. The Morgan fingerprint density at radius 1 is 0.944 bits per heavy atom. The van der Waals surface area contributed by atoms with Gasteiger partial charge in [0.1, 0.15) is 0 Å². The standard InChI is InChI=1S/C16H13NO/c1-11-6-8-12(9-7-11)14-10-17-15-5-3-2-4-13(15)16(14)18/h2-10H,1H3,(H,17,18). The minimum atomic E-state index is 0.0770. The second-order valence-corrected chi connectivity index (χ2v) is 4.44. The molecule has 0 radical (unpaired) electrons. The number of hydrogen-bond acceptors (Lipinski definition) is 1. The Balaban J connectivity index is 2.27. The van der Waals surface area contributed by atoms with Crippen molar-refractivity contribution in [3.8, 4) is 11.1 Å². The SMILES string of the molecule is Cc1ccc(-c2c[nH]c3ccccc3c2=O)cc1. The fourth-order valence-corrected chi connectivity index (χ4v) is 2.12. The summed E-state index contributed by atoms with van der Waals surface area (Å²) in [5, 5.41) is 0.732. The van der Waals surface area contributed by atoms with Crippen molar-refractivity contribution >= 4 is 10.9 Å². The maximum absolute atomic E-state index is 12.4. The Bertz CT molecular complexity index is 754. The Morgan fingerprint density at radius 2 is 1.67 bits per heavy atom. The number of H-pyrrole nitrogens is 1. The van der Waals surface area contributed by atoms with Gasteiger partial charge in [0.15, 0.2) is 5.43 Å². The molecular formula is C16H13NO. The molecule has 2 nitrogen and oxygen atoms in total. The van der Waals surface area contributed by atoms with Crippen LogP contribution in [0.1, 0.15) is 5.56 Å². The van der Waals surface area contributed by atoms with E-state index in [2.05, 4.69) is 4.98 Å². The predicted molar refractivity (Wildman–Crippen MR) is 74.7 cm³/mol. The first-order valence-corrected chi connectivity index (χ1v) is 5.93. The first-order valence-electron chi connectivity index (χ1n) is 5.93. The molecule has 2 aromatic carbocycles. The molecule has 0 saturated heterocycles. The minimum Gasteiger partial charge on any atom is -0.360 e. The Kier molecular flexibility index (Phi) is 2.49. The fourth-order valence-electron chi connectivity index (χ4n) is 2.12. The van der Waals surface area contributed by atoms with E-state index in [4.69, 9.17) is 0 Å². The van der Waals surface area contributed by atoms with Gasteiger partial charge in [-0.2, -0.15) is 0 Å². The van der Waals surface area contributed by atoms with Gasteiger partial charge in [0, 0.05) is 22.7 Å². The summed E-state index contributed by atoms with van der Waals surface area (Å²) in [6.45, 7) is 2.04. The normalized spacial score (nSPS) is 10.7. The molecule has 0 aliphatic carbocycles. The van der Waals surface area contributed by atoms with Crippen LogP contribution in [0.4, 0.5) is 0 Å². The zero-order chi connectivity index (χ0) is 12.5. The molecule has 1 aromatic heterocycles. The van der Waals surface area contributed by atoms with Crippen molar-refractivity contribution in [2.45, 2.75) is 6.92 Å². The number of hydrogen-bond donors (Lipinski definition) is 1. The summed E-state index contributed by atoms with van der Waals surface area (Å²) in [5.41, 5.74) is 3.81. The van der Waals surface area contributed by atoms with Crippen LogP contribution in [0.25, 0.3) is 22.0 Å². The van der Waals surface area contributed by atoms with Crippen LogP contribution < -0.4 is 5.43 Å². The van der Waals surface area contributed by atoms with Gasteiger partial charge in [-0.05, 0) is 24.6 Å². The lowest BCUT2D eigenvalue weighted by atomic mass is 10.0. The van der Waals surface area contributed by atoms with Gasteiger partial charge in [-0.3, -0.25) is 4.79 Å². The van der Waals surface area contributed by atoms with E-state index in [1.807, 2.05) is 55.5 Å². The molecule has 0 aliphatic rings. The molecule has 3 rings (SSSR count). The summed E-state index contributed by atoms with van der Waals surface area (Å²) in [4.78, 5) is 15.6. The quantitative estimate of drug-likeness (QED) is 0.688. The van der Waals surface area contributed by atoms with Crippen LogP contribution in [-0.2, 0) is 0 Å². The van der Waals surface area contributed by atoms with E-state index >= 15 is 0 Å². The molecule has 0 aliphatic heterocycles. The van der Waals surface area contributed by atoms with Crippen LogP contribution >= 0.6 is 0 Å². The number of benzene rings is 2. The van der Waals surface area contributed by atoms with Gasteiger partial charge >= 0.3 is 0 Å². The lowest BCUT2D eigenvalue weighted by molar-refractivity contribution is 1.38. The molecule has 1 N–H and O–H groups in total. The van der Waals surface area contributed by atoms with Crippen LogP contribution in [0, 0.1) is 6.92 Å². The molecule has 18 heavy (non-hydrogen) atoms. The molecule has 0 fully saturated rings. The van der Waals surface area contributed by atoms with Crippen LogP contribution in [0.5, 0.6) is 0 Å². The topological polar surface area (TPSA) is 32.9 Å². The van der Waals surface area contributed by atoms with Gasteiger partial charge in [0.05, 0.1) is 0 Å². The summed E-state index contributed by atoms with van der Waals surface area (Å²) in [6, 6.07) is 15.6. The molecule has 3 aromatic rings. The summed E-state index contributed by atoms with van der Waals surface area (Å²) in [6.07, 6.45) is 1.79. The highest BCUT2D eigenvalue weighted by atomic mass is 16.1. The van der Waals surface area contributed by atoms with Crippen molar-refractivity contribution in [3.05, 3.63) is 70.5 Å². The van der Waals surface area contributed by atoms with Crippen molar-refractivity contribution in [2.24, 2.45) is 0 Å². The van der Waals surface area contributed by atoms with E-state index in [0.717, 1.165) is 16.5 Å². The molecule has 0 spiro atoms. The van der Waals surface area contributed by atoms with E-state index in [1.165, 1.54) is 5.56 Å². The van der Waals surface area contributed by atoms with Crippen molar-refractivity contribution in [1.29, 1.82) is 0 Å².